The molecule has 0 bridgehead atoms. The van der Waals surface area contributed by atoms with Crippen LogP contribution in [0.5, 0.6) is 23.0 Å². The third kappa shape index (κ3) is 3.68. The van der Waals surface area contributed by atoms with Crippen molar-refractivity contribution in [2.45, 2.75) is 19.0 Å². The number of hydrogen-bond donors (Lipinski definition) is 1. The van der Waals surface area contributed by atoms with Crippen molar-refractivity contribution in [2.24, 2.45) is 17.8 Å². The molecule has 2 aromatic rings. The van der Waals surface area contributed by atoms with E-state index in [1.165, 1.54) is 5.56 Å². The highest BCUT2D eigenvalue weighted by Gasteiger charge is 2.45. The van der Waals surface area contributed by atoms with Crippen LogP contribution >= 0.6 is 0 Å². The van der Waals surface area contributed by atoms with Gasteiger partial charge in [-0.3, -0.25) is 4.79 Å². The Hall–Kier alpha value is -3.25. The van der Waals surface area contributed by atoms with E-state index in [-0.39, 0.29) is 42.6 Å². The lowest BCUT2D eigenvalue weighted by Crippen LogP contribution is -2.40. The summed E-state index contributed by atoms with van der Waals surface area (Å²) in [4.78, 5) is 13.0. The van der Waals surface area contributed by atoms with Gasteiger partial charge in [-0.15, -0.1) is 0 Å². The second-order valence-electron chi connectivity index (χ2n) is 8.09. The van der Waals surface area contributed by atoms with Crippen LogP contribution in [0.1, 0.15) is 18.5 Å². The van der Waals surface area contributed by atoms with Gasteiger partial charge in [0.25, 0.3) is 0 Å². The molecule has 5 atom stereocenters. The molecule has 2 heterocycles. The van der Waals surface area contributed by atoms with Gasteiger partial charge >= 0.3 is 5.97 Å². The lowest BCUT2D eigenvalue weighted by molar-refractivity contribution is -0.139. The fourth-order valence-electron chi connectivity index (χ4n) is 4.67. The molecular weight excluding hydrogens is 394 g/mol. The summed E-state index contributed by atoms with van der Waals surface area (Å²) in [5.74, 6) is 2.41. The van der Waals surface area contributed by atoms with Crippen molar-refractivity contribution in [1.82, 2.24) is 5.32 Å². The highest BCUT2D eigenvalue weighted by molar-refractivity contribution is 5.76. The van der Waals surface area contributed by atoms with Crippen molar-refractivity contribution in [3.8, 4) is 23.0 Å². The summed E-state index contributed by atoms with van der Waals surface area (Å²) < 4.78 is 21.7. The van der Waals surface area contributed by atoms with Crippen LogP contribution in [0.15, 0.2) is 66.8 Å². The smallest absolute Gasteiger partial charge is 0.315 e. The normalized spacial score (nSPS) is 26.4. The second-order valence-corrected chi connectivity index (χ2v) is 8.09. The third-order valence-electron chi connectivity index (χ3n) is 6.34. The van der Waals surface area contributed by atoms with Crippen molar-refractivity contribution in [1.29, 1.82) is 0 Å². The van der Waals surface area contributed by atoms with Crippen molar-refractivity contribution < 1.29 is 23.7 Å². The molecule has 3 aliphatic rings. The van der Waals surface area contributed by atoms with Gasteiger partial charge in [-0.2, -0.15) is 0 Å². The predicted molar refractivity (Wildman–Crippen MR) is 115 cm³/mol. The Morgan fingerprint density at radius 3 is 2.48 bits per heavy atom. The van der Waals surface area contributed by atoms with Crippen LogP contribution in [0, 0.1) is 17.8 Å². The van der Waals surface area contributed by atoms with Crippen LogP contribution in [-0.2, 0) is 4.79 Å². The maximum absolute atomic E-state index is 13.0. The molecule has 1 saturated heterocycles. The maximum Gasteiger partial charge on any atom is 0.315 e. The predicted octanol–water partition coefficient (Wildman–Crippen LogP) is 4.04. The van der Waals surface area contributed by atoms with Gasteiger partial charge in [0.2, 0.25) is 6.79 Å². The zero-order valence-corrected chi connectivity index (χ0v) is 17.5. The lowest BCUT2D eigenvalue weighted by atomic mass is 9.79. The number of benzene rings is 2. The molecule has 6 heteroatoms. The standard InChI is InChI=1S/C25H25NO5/c1-15(25(27)31-18-11-12-21-22(13-18)30-14-29-21)23-19-5-3-4-6-20(19)24(26-23)16-7-9-17(28-2)10-8-16/h3-13,15,19-20,23-24,26H,14H2,1-2H3. The fraction of sp³-hybridized carbons (Fsp3) is 0.320. The van der Waals surface area contributed by atoms with Crippen LogP contribution in [0.4, 0.5) is 0 Å². The Morgan fingerprint density at radius 1 is 1.00 bits per heavy atom. The van der Waals surface area contributed by atoms with Gasteiger partial charge in [0.1, 0.15) is 11.5 Å². The number of esters is 1. The molecule has 2 aliphatic heterocycles. The average Bonchev–Trinajstić information content (AvgIpc) is 3.43. The Morgan fingerprint density at radius 2 is 1.71 bits per heavy atom. The van der Waals surface area contributed by atoms with E-state index in [9.17, 15) is 4.79 Å². The molecule has 0 spiro atoms. The van der Waals surface area contributed by atoms with Crippen molar-refractivity contribution >= 4 is 5.97 Å². The zero-order valence-electron chi connectivity index (χ0n) is 17.5. The van der Waals surface area contributed by atoms with Gasteiger partial charge in [-0.1, -0.05) is 43.4 Å². The van der Waals surface area contributed by atoms with Gasteiger partial charge in [0.15, 0.2) is 11.5 Å². The van der Waals surface area contributed by atoms with Crippen LogP contribution in [0.25, 0.3) is 0 Å². The first-order valence-corrected chi connectivity index (χ1v) is 10.5. The van der Waals surface area contributed by atoms with E-state index in [0.717, 1.165) is 5.75 Å². The van der Waals surface area contributed by atoms with Crippen molar-refractivity contribution in [3.05, 3.63) is 72.3 Å². The molecule has 0 saturated carbocycles. The fourth-order valence-corrected chi connectivity index (χ4v) is 4.67. The van der Waals surface area contributed by atoms with E-state index in [1.54, 1.807) is 25.3 Å². The van der Waals surface area contributed by atoms with Crippen LogP contribution in [-0.4, -0.2) is 25.9 Å². The summed E-state index contributed by atoms with van der Waals surface area (Å²) in [6, 6.07) is 13.4. The van der Waals surface area contributed by atoms with Crippen LogP contribution in [0.2, 0.25) is 0 Å². The first kappa shape index (κ1) is 19.7. The number of allylic oxidation sites excluding steroid dienone is 2. The molecule has 0 amide bonds. The Bertz CT molecular complexity index is 1030. The molecule has 5 unspecified atom stereocenters. The molecule has 1 fully saturated rings. The summed E-state index contributed by atoms with van der Waals surface area (Å²) in [5.41, 5.74) is 1.18. The maximum atomic E-state index is 13.0. The van der Waals surface area contributed by atoms with Crippen molar-refractivity contribution in [2.75, 3.05) is 13.9 Å². The van der Waals surface area contributed by atoms with Gasteiger partial charge in [-0.25, -0.2) is 0 Å². The van der Waals surface area contributed by atoms with Gasteiger partial charge < -0.3 is 24.3 Å². The number of methoxy groups -OCH3 is 1. The van der Waals surface area contributed by atoms with Crippen LogP contribution < -0.4 is 24.3 Å². The SMILES string of the molecule is COc1ccc(C2NC(C(C)C(=O)Oc3ccc4c(c3)OCO4)C3C=CC=CC23)cc1. The summed E-state index contributed by atoms with van der Waals surface area (Å²) in [7, 11) is 1.66. The van der Waals surface area contributed by atoms with E-state index in [2.05, 4.69) is 41.8 Å². The molecule has 31 heavy (non-hydrogen) atoms. The minimum atomic E-state index is -0.336. The number of nitrogens with one attached hydrogen (secondary N) is 1. The van der Waals surface area contributed by atoms with E-state index < -0.39 is 0 Å². The van der Waals surface area contributed by atoms with Gasteiger partial charge in [-0.05, 0) is 29.8 Å². The molecule has 0 radical (unpaired) electrons. The Labute approximate surface area is 181 Å². The number of carbonyl (C=O) groups is 1. The molecular formula is C25H25NO5. The van der Waals surface area contributed by atoms with E-state index in [1.807, 2.05) is 19.1 Å². The topological polar surface area (TPSA) is 66.0 Å². The molecule has 5 rings (SSSR count). The van der Waals surface area contributed by atoms with E-state index in [0.29, 0.717) is 17.2 Å². The summed E-state index contributed by atoms with van der Waals surface area (Å²) >= 11 is 0. The Kier molecular flexibility index (Phi) is 5.16. The third-order valence-corrected chi connectivity index (χ3v) is 6.34. The van der Waals surface area contributed by atoms with Crippen molar-refractivity contribution in [3.63, 3.8) is 0 Å². The van der Waals surface area contributed by atoms with Gasteiger partial charge in [0, 0.05) is 30.0 Å². The largest absolute Gasteiger partial charge is 0.497 e. The minimum absolute atomic E-state index is 0.0418. The summed E-state index contributed by atoms with van der Waals surface area (Å²) in [5, 5.41) is 3.71. The minimum Gasteiger partial charge on any atom is -0.497 e. The van der Waals surface area contributed by atoms with E-state index >= 15 is 0 Å². The van der Waals surface area contributed by atoms with Crippen LogP contribution in [0.3, 0.4) is 0 Å². The number of rotatable bonds is 5. The highest BCUT2D eigenvalue weighted by atomic mass is 16.7. The number of carbonyl (C=O) groups excluding carboxylic acids is 1. The zero-order chi connectivity index (χ0) is 21.4. The lowest BCUT2D eigenvalue weighted by Gasteiger charge is -2.25. The number of hydrogen-bond acceptors (Lipinski definition) is 6. The molecule has 2 aromatic carbocycles. The highest BCUT2D eigenvalue weighted by Crippen LogP contribution is 2.43. The number of ether oxygens (including phenoxy) is 4. The monoisotopic (exact) mass is 419 g/mol. The first-order chi connectivity index (χ1) is 15.1. The van der Waals surface area contributed by atoms with Gasteiger partial charge in [0.05, 0.1) is 13.0 Å². The summed E-state index contributed by atoms with van der Waals surface area (Å²) in [6.45, 7) is 2.11. The molecule has 6 nitrogen and oxygen atoms in total. The molecule has 1 aliphatic carbocycles. The molecule has 0 aromatic heterocycles. The Balaban J connectivity index is 1.34. The van der Waals surface area contributed by atoms with E-state index in [4.69, 9.17) is 18.9 Å². The molecule has 160 valence electrons. The summed E-state index contributed by atoms with van der Waals surface area (Å²) in [6.07, 6.45) is 8.55. The molecule has 1 N–H and O–H groups in total. The number of fused-ring (bicyclic) bond motifs is 2. The first-order valence-electron chi connectivity index (χ1n) is 10.5. The second kappa shape index (κ2) is 8.12. The average molecular weight is 419 g/mol. The quantitative estimate of drug-likeness (QED) is 0.583.